The molecular weight excluding hydrogens is 190 g/mol. The van der Waals surface area contributed by atoms with Crippen LogP contribution in [-0.2, 0) is 6.54 Å². The Balaban J connectivity index is 1.85. The second-order valence-electron chi connectivity index (χ2n) is 4.26. The van der Waals surface area contributed by atoms with Gasteiger partial charge >= 0.3 is 0 Å². The maximum Gasteiger partial charge on any atom is 0.0947 e. The third-order valence-electron chi connectivity index (χ3n) is 3.16. The Kier molecular flexibility index (Phi) is 3.80. The summed E-state index contributed by atoms with van der Waals surface area (Å²) < 4.78 is 5.07. The van der Waals surface area contributed by atoms with E-state index in [9.17, 15) is 0 Å². The highest BCUT2D eigenvalue weighted by atomic mass is 16.3. The molecule has 1 saturated heterocycles. The fourth-order valence-electron chi connectivity index (χ4n) is 2.37. The summed E-state index contributed by atoms with van der Waals surface area (Å²) in [6, 6.07) is 2.69. The van der Waals surface area contributed by atoms with Crippen LogP contribution in [0.25, 0.3) is 0 Å². The minimum Gasteiger partial charge on any atom is -0.472 e. The van der Waals surface area contributed by atoms with E-state index < -0.39 is 0 Å². The fourth-order valence-corrected chi connectivity index (χ4v) is 2.37. The number of furan rings is 1. The number of hydrogen-bond donors (Lipinski definition) is 1. The van der Waals surface area contributed by atoms with Gasteiger partial charge in [-0.2, -0.15) is 0 Å². The van der Waals surface area contributed by atoms with Gasteiger partial charge in [0, 0.05) is 24.8 Å². The van der Waals surface area contributed by atoms with Gasteiger partial charge in [0.15, 0.2) is 0 Å². The first-order valence-electron chi connectivity index (χ1n) is 5.76. The third-order valence-corrected chi connectivity index (χ3v) is 3.16. The lowest BCUT2D eigenvalue weighted by molar-refractivity contribution is 0.210. The summed E-state index contributed by atoms with van der Waals surface area (Å²) in [5.74, 6) is 0. The summed E-state index contributed by atoms with van der Waals surface area (Å²) in [5.41, 5.74) is 1.26. The van der Waals surface area contributed by atoms with Crippen LogP contribution in [0.1, 0.15) is 31.2 Å². The van der Waals surface area contributed by atoms with Gasteiger partial charge in [0.05, 0.1) is 12.5 Å². The van der Waals surface area contributed by atoms with E-state index in [1.165, 1.54) is 24.9 Å². The van der Waals surface area contributed by atoms with Crippen LogP contribution in [-0.4, -0.2) is 29.2 Å². The smallest absolute Gasteiger partial charge is 0.0947 e. The molecule has 3 nitrogen and oxygen atoms in total. The molecule has 0 aromatic carbocycles. The Hall–Kier alpha value is -0.800. The van der Waals surface area contributed by atoms with Gasteiger partial charge in [-0.1, -0.05) is 0 Å². The maximum atomic E-state index is 8.84. The standard InChI is InChI=1S/C12H19NO2/c14-7-2-4-12-3-1-6-13(12)9-11-5-8-15-10-11/h5,8,10,12,14H,1-4,6-7,9H2. The van der Waals surface area contributed by atoms with E-state index in [1.807, 2.05) is 12.3 Å². The van der Waals surface area contributed by atoms with Gasteiger partial charge in [0.2, 0.25) is 0 Å². The lowest BCUT2D eigenvalue weighted by Crippen LogP contribution is -2.28. The van der Waals surface area contributed by atoms with Gasteiger partial charge in [-0.05, 0) is 38.3 Å². The van der Waals surface area contributed by atoms with Gasteiger partial charge in [0.1, 0.15) is 0 Å². The largest absolute Gasteiger partial charge is 0.472 e. The first kappa shape index (κ1) is 10.7. The van der Waals surface area contributed by atoms with Crippen molar-refractivity contribution in [2.75, 3.05) is 13.2 Å². The first-order valence-corrected chi connectivity index (χ1v) is 5.76. The van der Waals surface area contributed by atoms with Crippen molar-refractivity contribution in [1.29, 1.82) is 0 Å². The second kappa shape index (κ2) is 5.33. The Morgan fingerprint density at radius 3 is 3.20 bits per heavy atom. The van der Waals surface area contributed by atoms with E-state index in [0.29, 0.717) is 12.6 Å². The molecule has 1 N–H and O–H groups in total. The summed E-state index contributed by atoms with van der Waals surface area (Å²) in [7, 11) is 0. The molecule has 1 fully saturated rings. The lowest BCUT2D eigenvalue weighted by atomic mass is 10.1. The number of aliphatic hydroxyl groups is 1. The second-order valence-corrected chi connectivity index (χ2v) is 4.26. The minimum absolute atomic E-state index is 0.316. The summed E-state index contributed by atoms with van der Waals surface area (Å²) in [5, 5.41) is 8.84. The fraction of sp³-hybridized carbons (Fsp3) is 0.667. The first-order chi connectivity index (χ1) is 7.40. The van der Waals surface area contributed by atoms with Crippen molar-refractivity contribution in [2.24, 2.45) is 0 Å². The Bertz CT molecular complexity index is 271. The van der Waals surface area contributed by atoms with Crippen LogP contribution in [0.4, 0.5) is 0 Å². The van der Waals surface area contributed by atoms with E-state index in [1.54, 1.807) is 6.26 Å². The number of rotatable bonds is 5. The molecule has 84 valence electrons. The molecular formula is C12H19NO2. The maximum absolute atomic E-state index is 8.84. The Morgan fingerprint density at radius 1 is 1.53 bits per heavy atom. The molecule has 0 spiro atoms. The highest BCUT2D eigenvalue weighted by Gasteiger charge is 2.23. The van der Waals surface area contributed by atoms with Gasteiger partial charge in [-0.25, -0.2) is 0 Å². The monoisotopic (exact) mass is 209 g/mol. The van der Waals surface area contributed by atoms with Crippen molar-refractivity contribution in [3.05, 3.63) is 24.2 Å². The number of nitrogens with zero attached hydrogens (tertiary/aromatic N) is 1. The summed E-state index contributed by atoms with van der Waals surface area (Å²) in [6.07, 6.45) is 8.16. The van der Waals surface area contributed by atoms with Crippen molar-refractivity contribution in [2.45, 2.75) is 38.3 Å². The van der Waals surface area contributed by atoms with Crippen molar-refractivity contribution < 1.29 is 9.52 Å². The summed E-state index contributed by atoms with van der Waals surface area (Å²) in [4.78, 5) is 2.50. The SMILES string of the molecule is OCCCC1CCCN1Cc1ccoc1. The van der Waals surface area contributed by atoms with E-state index in [2.05, 4.69) is 4.90 Å². The van der Waals surface area contributed by atoms with Crippen LogP contribution in [0.15, 0.2) is 23.0 Å². The minimum atomic E-state index is 0.316. The molecule has 0 saturated carbocycles. The average Bonchev–Trinajstić information content (AvgIpc) is 2.87. The highest BCUT2D eigenvalue weighted by molar-refractivity contribution is 5.05. The molecule has 1 aliphatic heterocycles. The average molecular weight is 209 g/mol. The zero-order chi connectivity index (χ0) is 10.5. The molecule has 2 heterocycles. The zero-order valence-corrected chi connectivity index (χ0v) is 9.06. The molecule has 1 aromatic rings. The highest BCUT2D eigenvalue weighted by Crippen LogP contribution is 2.23. The quantitative estimate of drug-likeness (QED) is 0.806. The van der Waals surface area contributed by atoms with Crippen LogP contribution in [0.2, 0.25) is 0 Å². The van der Waals surface area contributed by atoms with Crippen LogP contribution in [0.3, 0.4) is 0 Å². The molecule has 0 aliphatic carbocycles. The van der Waals surface area contributed by atoms with Crippen molar-refractivity contribution >= 4 is 0 Å². The lowest BCUT2D eigenvalue weighted by Gasteiger charge is -2.23. The molecule has 0 bridgehead atoms. The van der Waals surface area contributed by atoms with E-state index in [4.69, 9.17) is 9.52 Å². The van der Waals surface area contributed by atoms with Crippen LogP contribution in [0, 0.1) is 0 Å². The predicted octanol–water partition coefficient (Wildman–Crippen LogP) is 2.02. The van der Waals surface area contributed by atoms with Crippen molar-refractivity contribution in [1.82, 2.24) is 4.90 Å². The van der Waals surface area contributed by atoms with E-state index in [0.717, 1.165) is 19.4 Å². The van der Waals surface area contributed by atoms with Crippen LogP contribution >= 0.6 is 0 Å². The van der Waals surface area contributed by atoms with Gasteiger partial charge in [-0.3, -0.25) is 4.90 Å². The van der Waals surface area contributed by atoms with Gasteiger partial charge in [-0.15, -0.1) is 0 Å². The number of aliphatic hydroxyl groups excluding tert-OH is 1. The van der Waals surface area contributed by atoms with Crippen LogP contribution < -0.4 is 0 Å². The number of likely N-dealkylation sites (tertiary alicyclic amines) is 1. The molecule has 1 aliphatic rings. The predicted molar refractivity (Wildman–Crippen MR) is 58.5 cm³/mol. The topological polar surface area (TPSA) is 36.6 Å². The van der Waals surface area contributed by atoms with Crippen molar-refractivity contribution in [3.63, 3.8) is 0 Å². The molecule has 2 rings (SSSR count). The Labute approximate surface area is 90.7 Å². The van der Waals surface area contributed by atoms with Crippen LogP contribution in [0.5, 0.6) is 0 Å². The van der Waals surface area contributed by atoms with E-state index >= 15 is 0 Å². The molecule has 3 heteroatoms. The molecule has 1 atom stereocenters. The molecule has 1 unspecified atom stereocenters. The molecule has 15 heavy (non-hydrogen) atoms. The Morgan fingerprint density at radius 2 is 2.47 bits per heavy atom. The van der Waals surface area contributed by atoms with Gasteiger partial charge in [0.25, 0.3) is 0 Å². The zero-order valence-electron chi connectivity index (χ0n) is 9.06. The van der Waals surface area contributed by atoms with E-state index in [-0.39, 0.29) is 0 Å². The molecule has 0 radical (unpaired) electrons. The summed E-state index contributed by atoms with van der Waals surface area (Å²) >= 11 is 0. The normalized spacial score (nSPS) is 22.3. The van der Waals surface area contributed by atoms with Crippen molar-refractivity contribution in [3.8, 4) is 0 Å². The summed E-state index contributed by atoms with van der Waals surface area (Å²) in [6.45, 7) is 2.49. The van der Waals surface area contributed by atoms with Gasteiger partial charge < -0.3 is 9.52 Å². The molecule has 0 amide bonds. The molecule has 1 aromatic heterocycles. The third kappa shape index (κ3) is 2.83. The number of hydrogen-bond acceptors (Lipinski definition) is 3.